The third kappa shape index (κ3) is 11.9. The topological polar surface area (TPSA) is 55.4 Å². The van der Waals surface area contributed by atoms with E-state index in [0.717, 1.165) is 12.0 Å². The molecule has 4 heteroatoms. The van der Waals surface area contributed by atoms with E-state index < -0.39 is 5.97 Å². The third-order valence-corrected chi connectivity index (χ3v) is 2.99. The Morgan fingerprint density at radius 3 is 2.50 bits per heavy atom. The predicted molar refractivity (Wildman–Crippen MR) is 90.2 cm³/mol. The first-order chi connectivity index (χ1) is 10.5. The molecule has 4 nitrogen and oxygen atoms in total. The molecular weight excluding hydrogens is 278 g/mol. The van der Waals surface area contributed by atoms with Gasteiger partial charge in [-0.1, -0.05) is 43.6 Å². The first-order valence-corrected chi connectivity index (χ1v) is 7.95. The Balaban J connectivity index is 4.15. The van der Waals surface area contributed by atoms with Gasteiger partial charge in [0.25, 0.3) is 0 Å². The van der Waals surface area contributed by atoms with E-state index in [9.17, 15) is 9.59 Å². The van der Waals surface area contributed by atoms with Gasteiger partial charge in [-0.3, -0.25) is 9.59 Å². The van der Waals surface area contributed by atoms with Crippen LogP contribution in [0.4, 0.5) is 0 Å². The van der Waals surface area contributed by atoms with Gasteiger partial charge in [0.15, 0.2) is 0 Å². The van der Waals surface area contributed by atoms with Crippen LogP contribution in [0, 0.1) is 0 Å². The van der Waals surface area contributed by atoms with Gasteiger partial charge >= 0.3 is 5.97 Å². The largest absolute Gasteiger partial charge is 0.466 e. The summed E-state index contributed by atoms with van der Waals surface area (Å²) in [5.74, 6) is -0.871. The molecule has 0 aliphatic heterocycles. The molecule has 0 fully saturated rings. The number of rotatable bonds is 10. The number of carbonyl (C=O) groups excluding carboxylic acids is 2. The van der Waals surface area contributed by atoms with E-state index in [1.807, 2.05) is 19.1 Å². The van der Waals surface area contributed by atoms with E-state index in [1.54, 1.807) is 13.1 Å². The maximum atomic E-state index is 11.5. The number of nitrogens with one attached hydrogen (secondary N) is 1. The van der Waals surface area contributed by atoms with Crippen molar-refractivity contribution < 1.29 is 14.3 Å². The molecule has 1 amide bonds. The van der Waals surface area contributed by atoms with Crippen LogP contribution in [0.1, 0.15) is 59.8 Å². The fourth-order valence-corrected chi connectivity index (χ4v) is 1.74. The van der Waals surface area contributed by atoms with Crippen molar-refractivity contribution in [3.63, 3.8) is 0 Å². The summed E-state index contributed by atoms with van der Waals surface area (Å²) < 4.78 is 4.71. The number of unbranched alkanes of at least 4 members (excludes halogenated alkanes) is 2. The minimum atomic E-state index is -0.507. The van der Waals surface area contributed by atoms with Crippen molar-refractivity contribution in [2.45, 2.75) is 59.8 Å². The highest BCUT2D eigenvalue weighted by Gasteiger charge is 2.08. The SMILES string of the molecule is CCCCC/C(C)=C/C=C/C(C)=C/NC(=O)CC(=O)OCC. The quantitative estimate of drug-likeness (QED) is 0.287. The van der Waals surface area contributed by atoms with Gasteiger partial charge in [0, 0.05) is 6.20 Å². The standard InChI is InChI=1S/C18H29NO3/c1-5-7-8-10-15(3)11-9-12-16(4)14-19-17(20)13-18(21)22-6-2/h9,11-12,14H,5-8,10,13H2,1-4H3,(H,19,20)/b12-9+,15-11+,16-14+. The maximum Gasteiger partial charge on any atom is 0.315 e. The lowest BCUT2D eigenvalue weighted by Gasteiger charge is -2.01. The average molecular weight is 307 g/mol. The molecule has 0 unspecified atom stereocenters. The van der Waals surface area contributed by atoms with Gasteiger partial charge in [0.2, 0.25) is 5.91 Å². The number of ether oxygens (including phenoxy) is 1. The van der Waals surface area contributed by atoms with Crippen molar-refractivity contribution >= 4 is 11.9 Å². The fourth-order valence-electron chi connectivity index (χ4n) is 1.74. The molecule has 0 bridgehead atoms. The second kappa shape index (κ2) is 12.9. The summed E-state index contributed by atoms with van der Waals surface area (Å²) in [6, 6.07) is 0. The molecule has 0 aliphatic rings. The first-order valence-electron chi connectivity index (χ1n) is 7.95. The zero-order valence-corrected chi connectivity index (χ0v) is 14.3. The van der Waals surface area contributed by atoms with E-state index in [0.29, 0.717) is 0 Å². The molecule has 0 radical (unpaired) electrons. The molecule has 0 saturated heterocycles. The van der Waals surface area contributed by atoms with E-state index in [-0.39, 0.29) is 18.9 Å². The Morgan fingerprint density at radius 2 is 1.86 bits per heavy atom. The number of amides is 1. The van der Waals surface area contributed by atoms with Crippen molar-refractivity contribution in [3.8, 4) is 0 Å². The summed E-state index contributed by atoms with van der Waals surface area (Å²) in [6.45, 7) is 8.21. The number of allylic oxidation sites excluding steroid dienone is 5. The summed E-state index contributed by atoms with van der Waals surface area (Å²) in [5.41, 5.74) is 2.26. The molecule has 22 heavy (non-hydrogen) atoms. The highest BCUT2D eigenvalue weighted by atomic mass is 16.5. The summed E-state index contributed by atoms with van der Waals surface area (Å²) in [7, 11) is 0. The second-order valence-electron chi connectivity index (χ2n) is 5.27. The summed E-state index contributed by atoms with van der Waals surface area (Å²) in [6.07, 6.45) is 12.2. The monoisotopic (exact) mass is 307 g/mol. The Morgan fingerprint density at radius 1 is 1.14 bits per heavy atom. The summed E-state index contributed by atoms with van der Waals surface area (Å²) >= 11 is 0. The molecule has 0 spiro atoms. The summed E-state index contributed by atoms with van der Waals surface area (Å²) in [5, 5.41) is 2.58. The van der Waals surface area contributed by atoms with Crippen LogP contribution in [0.5, 0.6) is 0 Å². The minimum absolute atomic E-state index is 0.252. The second-order valence-corrected chi connectivity index (χ2v) is 5.27. The van der Waals surface area contributed by atoms with Gasteiger partial charge in [-0.15, -0.1) is 0 Å². The van der Waals surface area contributed by atoms with Crippen molar-refractivity contribution in [1.82, 2.24) is 5.32 Å². The molecule has 124 valence electrons. The van der Waals surface area contributed by atoms with Crippen LogP contribution in [-0.2, 0) is 14.3 Å². The molecule has 0 saturated carbocycles. The first kappa shape index (κ1) is 20.2. The van der Waals surface area contributed by atoms with Crippen LogP contribution in [0.3, 0.4) is 0 Å². The van der Waals surface area contributed by atoms with Crippen LogP contribution in [-0.4, -0.2) is 18.5 Å². The van der Waals surface area contributed by atoms with Crippen LogP contribution >= 0.6 is 0 Å². The van der Waals surface area contributed by atoms with E-state index in [1.165, 1.54) is 24.8 Å². The maximum absolute atomic E-state index is 11.5. The number of carbonyl (C=O) groups is 2. The van der Waals surface area contributed by atoms with E-state index >= 15 is 0 Å². The van der Waals surface area contributed by atoms with Gasteiger partial charge in [-0.25, -0.2) is 0 Å². The van der Waals surface area contributed by atoms with Crippen LogP contribution < -0.4 is 5.32 Å². The lowest BCUT2D eigenvalue weighted by Crippen LogP contribution is -2.22. The van der Waals surface area contributed by atoms with Crippen molar-refractivity contribution in [2.75, 3.05) is 6.61 Å². The number of hydrogen-bond donors (Lipinski definition) is 1. The van der Waals surface area contributed by atoms with Crippen molar-refractivity contribution in [3.05, 3.63) is 35.6 Å². The zero-order valence-electron chi connectivity index (χ0n) is 14.3. The number of esters is 1. The van der Waals surface area contributed by atoms with Crippen LogP contribution in [0.15, 0.2) is 35.6 Å². The molecule has 0 aromatic carbocycles. The lowest BCUT2D eigenvalue weighted by atomic mass is 10.1. The normalized spacial score (nSPS) is 12.5. The molecule has 0 aliphatic carbocycles. The van der Waals surface area contributed by atoms with Crippen LogP contribution in [0.25, 0.3) is 0 Å². The summed E-state index contributed by atoms with van der Waals surface area (Å²) in [4.78, 5) is 22.6. The van der Waals surface area contributed by atoms with Crippen molar-refractivity contribution in [1.29, 1.82) is 0 Å². The molecular formula is C18H29NO3. The Bertz CT molecular complexity index is 434. The molecule has 0 aromatic heterocycles. The van der Waals surface area contributed by atoms with Gasteiger partial charge in [0.1, 0.15) is 6.42 Å². The van der Waals surface area contributed by atoms with Crippen molar-refractivity contribution in [2.24, 2.45) is 0 Å². The minimum Gasteiger partial charge on any atom is -0.466 e. The van der Waals surface area contributed by atoms with Gasteiger partial charge in [0.05, 0.1) is 6.61 Å². The number of hydrogen-bond acceptors (Lipinski definition) is 3. The van der Waals surface area contributed by atoms with E-state index in [2.05, 4.69) is 25.2 Å². The molecule has 0 rings (SSSR count). The third-order valence-electron chi connectivity index (χ3n) is 2.99. The Kier molecular flexibility index (Phi) is 11.8. The zero-order chi connectivity index (χ0) is 16.8. The van der Waals surface area contributed by atoms with Gasteiger partial charge in [-0.2, -0.15) is 0 Å². The highest BCUT2D eigenvalue weighted by Crippen LogP contribution is 2.08. The smallest absolute Gasteiger partial charge is 0.315 e. The molecule has 0 heterocycles. The van der Waals surface area contributed by atoms with Crippen LogP contribution in [0.2, 0.25) is 0 Å². The average Bonchev–Trinajstić information content (AvgIpc) is 2.45. The lowest BCUT2D eigenvalue weighted by molar-refractivity contribution is -0.145. The van der Waals surface area contributed by atoms with E-state index in [4.69, 9.17) is 4.74 Å². The molecule has 0 aromatic rings. The Hall–Kier alpha value is -1.84. The highest BCUT2D eigenvalue weighted by molar-refractivity contribution is 5.94. The molecule has 0 atom stereocenters. The predicted octanol–water partition coefficient (Wildman–Crippen LogP) is 4.04. The van der Waals surface area contributed by atoms with Gasteiger partial charge in [-0.05, 0) is 39.2 Å². The fraction of sp³-hybridized carbons (Fsp3) is 0.556. The molecule has 1 N–H and O–H groups in total. The Labute approximate surface area is 134 Å². The van der Waals surface area contributed by atoms with Gasteiger partial charge < -0.3 is 10.1 Å².